The number of rotatable bonds is 6. The van der Waals surface area contributed by atoms with Gasteiger partial charge in [-0.1, -0.05) is 6.92 Å². The lowest BCUT2D eigenvalue weighted by molar-refractivity contribution is -0.136. The molecule has 0 aromatic carbocycles. The highest BCUT2D eigenvalue weighted by atomic mass is 32.2. The Morgan fingerprint density at radius 3 is 2.72 bits per heavy atom. The van der Waals surface area contributed by atoms with Gasteiger partial charge in [-0.25, -0.2) is 0 Å². The molecule has 1 aromatic heterocycles. The summed E-state index contributed by atoms with van der Waals surface area (Å²) in [5.74, 6) is -0.267. The Kier molecular flexibility index (Phi) is 5.27. The van der Waals surface area contributed by atoms with E-state index in [1.54, 1.807) is 26.2 Å². The molecule has 0 amide bonds. The average molecular weight is 271 g/mol. The van der Waals surface area contributed by atoms with E-state index < -0.39 is 22.0 Å². The van der Waals surface area contributed by atoms with Gasteiger partial charge in [0.05, 0.1) is 18.6 Å². The van der Waals surface area contributed by atoms with Gasteiger partial charge >= 0.3 is 5.97 Å². The van der Waals surface area contributed by atoms with Crippen LogP contribution in [0.4, 0.5) is 0 Å². The number of aliphatic carboxylic acids is 1. The fraction of sp³-hybridized carbons (Fsp3) is 0.500. The summed E-state index contributed by atoms with van der Waals surface area (Å²) in [4.78, 5) is 15.1. The fourth-order valence-electron chi connectivity index (χ4n) is 1.61. The topological polar surface area (TPSA) is 76.5 Å². The molecule has 5 nitrogen and oxygen atoms in total. The molecule has 0 spiro atoms. The zero-order valence-electron chi connectivity index (χ0n) is 10.7. The van der Waals surface area contributed by atoms with Crippen molar-refractivity contribution in [2.24, 2.45) is 0 Å². The molecule has 6 heteroatoms. The molecule has 1 N–H and O–H groups in total. The first kappa shape index (κ1) is 14.6. The van der Waals surface area contributed by atoms with Gasteiger partial charge in [0.2, 0.25) is 0 Å². The number of aryl methyl sites for hydroxylation is 1. The number of aromatic nitrogens is 1. The van der Waals surface area contributed by atoms with E-state index in [0.29, 0.717) is 17.9 Å². The Morgan fingerprint density at radius 1 is 1.56 bits per heavy atom. The summed E-state index contributed by atoms with van der Waals surface area (Å²) in [7, 11) is 0.0682. The number of hydrogen-bond donors (Lipinski definition) is 1. The van der Waals surface area contributed by atoms with E-state index >= 15 is 0 Å². The number of carbonyl (C=O) groups is 1. The van der Waals surface area contributed by atoms with E-state index in [-0.39, 0.29) is 5.75 Å². The third kappa shape index (κ3) is 3.80. The number of carboxylic acids is 1. The van der Waals surface area contributed by atoms with Gasteiger partial charge in [0.1, 0.15) is 11.0 Å². The normalized spacial score (nSPS) is 13.9. The highest BCUT2D eigenvalue weighted by Crippen LogP contribution is 2.16. The Hall–Kier alpha value is -1.43. The first-order valence-corrected chi connectivity index (χ1v) is 6.97. The lowest BCUT2D eigenvalue weighted by Crippen LogP contribution is -2.25. The van der Waals surface area contributed by atoms with Crippen LogP contribution in [0.3, 0.4) is 0 Å². The molecule has 100 valence electrons. The zero-order chi connectivity index (χ0) is 13.7. The van der Waals surface area contributed by atoms with Crippen LogP contribution in [0, 0.1) is 6.92 Å². The maximum atomic E-state index is 11.9. The minimum absolute atomic E-state index is 0.128. The van der Waals surface area contributed by atoms with Gasteiger partial charge in [0.15, 0.2) is 0 Å². The molecule has 1 rings (SSSR count). The molecule has 0 saturated carbocycles. The van der Waals surface area contributed by atoms with Crippen LogP contribution in [0.2, 0.25) is 0 Å². The minimum atomic E-state index is -1.48. The highest BCUT2D eigenvalue weighted by molar-refractivity contribution is 7.85. The van der Waals surface area contributed by atoms with Gasteiger partial charge in [0.25, 0.3) is 0 Å². The first-order chi connectivity index (χ1) is 8.47. The highest BCUT2D eigenvalue weighted by Gasteiger charge is 2.23. The van der Waals surface area contributed by atoms with Gasteiger partial charge in [-0.2, -0.15) is 0 Å². The summed E-state index contributed by atoms with van der Waals surface area (Å²) in [6, 6.07) is 3.44. The molecule has 0 aliphatic rings. The maximum absolute atomic E-state index is 11.9. The second-order valence-electron chi connectivity index (χ2n) is 3.90. The lowest BCUT2D eigenvalue weighted by Gasteiger charge is -2.10. The number of hydrogen-bond acceptors (Lipinski definition) is 4. The second kappa shape index (κ2) is 6.49. The predicted octanol–water partition coefficient (Wildman–Crippen LogP) is 1.51. The van der Waals surface area contributed by atoms with Crippen molar-refractivity contribution in [1.29, 1.82) is 0 Å². The van der Waals surface area contributed by atoms with Crippen molar-refractivity contribution >= 4 is 16.8 Å². The van der Waals surface area contributed by atoms with Crippen LogP contribution in [0.5, 0.6) is 5.75 Å². The van der Waals surface area contributed by atoms with Crippen LogP contribution < -0.4 is 4.74 Å². The van der Waals surface area contributed by atoms with Crippen molar-refractivity contribution < 1.29 is 18.8 Å². The number of ether oxygens (including phenoxy) is 1. The molecule has 0 aliphatic heterocycles. The van der Waals surface area contributed by atoms with Crippen molar-refractivity contribution in [2.75, 3.05) is 7.11 Å². The minimum Gasteiger partial charge on any atom is -0.497 e. The van der Waals surface area contributed by atoms with Gasteiger partial charge in [0, 0.05) is 28.6 Å². The van der Waals surface area contributed by atoms with Crippen LogP contribution in [-0.2, 0) is 21.3 Å². The monoisotopic (exact) mass is 271 g/mol. The molecule has 1 heterocycles. The Labute approximate surface area is 109 Å². The number of pyridine rings is 1. The molecule has 0 fully saturated rings. The second-order valence-corrected chi connectivity index (χ2v) is 5.52. The molecule has 0 bridgehead atoms. The van der Waals surface area contributed by atoms with E-state index in [9.17, 15) is 9.00 Å². The van der Waals surface area contributed by atoms with Crippen molar-refractivity contribution in [2.45, 2.75) is 31.3 Å². The molecule has 0 aliphatic carbocycles. The van der Waals surface area contributed by atoms with Gasteiger partial charge < -0.3 is 9.84 Å². The van der Waals surface area contributed by atoms with Crippen molar-refractivity contribution in [3.63, 3.8) is 0 Å². The van der Waals surface area contributed by atoms with Gasteiger partial charge in [-0.15, -0.1) is 0 Å². The molecular formula is C12H17NO4S. The maximum Gasteiger partial charge on any atom is 0.319 e. The summed E-state index contributed by atoms with van der Waals surface area (Å²) < 4.78 is 17.0. The summed E-state index contributed by atoms with van der Waals surface area (Å²) in [5, 5.41) is 8.09. The van der Waals surface area contributed by atoms with Crippen LogP contribution in [-0.4, -0.2) is 32.6 Å². The van der Waals surface area contributed by atoms with Crippen molar-refractivity contribution in [3.8, 4) is 5.75 Å². The first-order valence-electron chi connectivity index (χ1n) is 5.59. The zero-order valence-corrected chi connectivity index (χ0v) is 11.5. The number of nitrogens with zero attached hydrogens (tertiary/aromatic N) is 1. The lowest BCUT2D eigenvalue weighted by atomic mass is 10.3. The average Bonchev–Trinajstić information content (AvgIpc) is 2.28. The number of carboxylic acid groups (broad SMARTS) is 1. The quantitative estimate of drug-likeness (QED) is 0.848. The van der Waals surface area contributed by atoms with Crippen molar-refractivity contribution in [3.05, 3.63) is 23.5 Å². The molecule has 18 heavy (non-hydrogen) atoms. The van der Waals surface area contributed by atoms with Crippen LogP contribution in [0.25, 0.3) is 0 Å². The summed E-state index contributed by atoms with van der Waals surface area (Å²) >= 11 is 0. The summed E-state index contributed by atoms with van der Waals surface area (Å²) in [5.41, 5.74) is 1.34. The third-order valence-corrected chi connectivity index (χ3v) is 4.22. The Balaban J connectivity index is 2.87. The van der Waals surface area contributed by atoms with E-state index in [4.69, 9.17) is 9.84 Å². The van der Waals surface area contributed by atoms with Crippen LogP contribution >= 0.6 is 0 Å². The molecule has 2 atom stereocenters. The van der Waals surface area contributed by atoms with Gasteiger partial charge in [-0.05, 0) is 13.3 Å². The van der Waals surface area contributed by atoms with E-state index in [0.717, 1.165) is 5.69 Å². The molecule has 0 saturated heterocycles. The summed E-state index contributed by atoms with van der Waals surface area (Å²) in [6.45, 7) is 3.52. The van der Waals surface area contributed by atoms with Gasteiger partial charge in [-0.3, -0.25) is 14.0 Å². The fourth-order valence-corrected chi connectivity index (χ4v) is 2.85. The third-order valence-electron chi connectivity index (χ3n) is 2.47. The molecule has 1 aromatic rings. The van der Waals surface area contributed by atoms with E-state index in [2.05, 4.69) is 4.98 Å². The Morgan fingerprint density at radius 2 is 2.22 bits per heavy atom. The Bertz CT molecular complexity index is 461. The number of methoxy groups -OCH3 is 1. The van der Waals surface area contributed by atoms with Crippen LogP contribution in [0.15, 0.2) is 12.1 Å². The predicted molar refractivity (Wildman–Crippen MR) is 69.1 cm³/mol. The van der Waals surface area contributed by atoms with E-state index in [1.165, 1.54) is 0 Å². The summed E-state index contributed by atoms with van der Waals surface area (Å²) in [6.07, 6.45) is 0.338. The smallest absolute Gasteiger partial charge is 0.319 e. The van der Waals surface area contributed by atoms with Crippen molar-refractivity contribution in [1.82, 2.24) is 4.98 Å². The molecule has 0 radical (unpaired) electrons. The van der Waals surface area contributed by atoms with Crippen LogP contribution in [0.1, 0.15) is 24.7 Å². The molecular weight excluding hydrogens is 254 g/mol. The molecule has 2 unspecified atom stereocenters. The largest absolute Gasteiger partial charge is 0.497 e. The SMILES string of the molecule is CCC(C(=O)O)S(=O)Cc1cc(OC)cc(C)n1. The van der Waals surface area contributed by atoms with E-state index in [1.807, 2.05) is 6.92 Å². The standard InChI is InChI=1S/C12H17NO4S/c1-4-11(12(14)15)18(16)7-9-6-10(17-3)5-8(2)13-9/h5-6,11H,4,7H2,1-3H3,(H,14,15).